The Hall–Kier alpha value is -1.79. The number of aromatic nitrogens is 1. The lowest BCUT2D eigenvalue weighted by atomic mass is 10.1. The van der Waals surface area contributed by atoms with Gasteiger partial charge in [-0.3, -0.25) is 4.90 Å². The second kappa shape index (κ2) is 9.14. The summed E-state index contributed by atoms with van der Waals surface area (Å²) in [6.07, 6.45) is 1.77. The normalized spacial score (nSPS) is 10.9. The van der Waals surface area contributed by atoms with Crippen molar-refractivity contribution in [3.63, 3.8) is 0 Å². The number of rotatable bonds is 5. The van der Waals surface area contributed by atoms with Gasteiger partial charge in [-0.25, -0.2) is 9.78 Å². The molecule has 0 saturated carbocycles. The standard InChI is InChI=1S/C20H18Cl3N3OS/c1-12(2)25-20(27)26(18-10-16(22)15(21)9-17(18)23)11-13-4-3-5-14(8-13)19-24-6-7-28-19/h3-10,12H,11H2,1-2H3,(H,25,27). The number of urea groups is 1. The number of anilines is 1. The minimum absolute atomic E-state index is 0.0294. The number of hydrogen-bond donors (Lipinski definition) is 1. The van der Waals surface area contributed by atoms with Gasteiger partial charge in [0.15, 0.2) is 0 Å². The summed E-state index contributed by atoms with van der Waals surface area (Å²) in [6, 6.07) is 10.8. The number of nitrogens with one attached hydrogen (secondary N) is 1. The van der Waals surface area contributed by atoms with Gasteiger partial charge in [0.1, 0.15) is 5.01 Å². The second-order valence-electron chi connectivity index (χ2n) is 6.45. The number of thiazole rings is 1. The van der Waals surface area contributed by atoms with Crippen molar-refractivity contribution in [3.05, 3.63) is 68.6 Å². The third-order valence-corrected chi connectivity index (χ3v) is 5.73. The highest BCUT2D eigenvalue weighted by Gasteiger charge is 2.21. The lowest BCUT2D eigenvalue weighted by Gasteiger charge is -2.26. The largest absolute Gasteiger partial charge is 0.336 e. The van der Waals surface area contributed by atoms with Crippen LogP contribution in [0.25, 0.3) is 10.6 Å². The maximum Gasteiger partial charge on any atom is 0.322 e. The first-order valence-corrected chi connectivity index (χ1v) is 10.6. The molecule has 1 heterocycles. The molecule has 0 aliphatic rings. The Bertz CT molecular complexity index is 977. The van der Waals surface area contributed by atoms with E-state index >= 15 is 0 Å². The Morgan fingerprint density at radius 1 is 1.14 bits per heavy atom. The van der Waals surface area contributed by atoms with E-state index in [2.05, 4.69) is 10.3 Å². The zero-order chi connectivity index (χ0) is 20.3. The summed E-state index contributed by atoms with van der Waals surface area (Å²) >= 11 is 20.2. The lowest BCUT2D eigenvalue weighted by Crippen LogP contribution is -2.42. The fourth-order valence-electron chi connectivity index (χ4n) is 2.66. The molecule has 1 aromatic heterocycles. The smallest absolute Gasteiger partial charge is 0.322 e. The molecule has 0 atom stereocenters. The first-order chi connectivity index (χ1) is 13.3. The van der Waals surface area contributed by atoms with E-state index in [0.29, 0.717) is 27.3 Å². The van der Waals surface area contributed by atoms with Gasteiger partial charge in [0, 0.05) is 23.2 Å². The van der Waals surface area contributed by atoms with E-state index in [4.69, 9.17) is 34.8 Å². The first-order valence-electron chi connectivity index (χ1n) is 8.56. The van der Waals surface area contributed by atoms with Crippen LogP contribution < -0.4 is 10.2 Å². The molecule has 4 nitrogen and oxygen atoms in total. The predicted molar refractivity (Wildman–Crippen MR) is 119 cm³/mol. The molecule has 0 radical (unpaired) electrons. The van der Waals surface area contributed by atoms with Gasteiger partial charge in [-0.2, -0.15) is 0 Å². The first kappa shape index (κ1) is 20.9. The molecule has 0 saturated heterocycles. The maximum absolute atomic E-state index is 12.9. The second-order valence-corrected chi connectivity index (χ2v) is 8.56. The fourth-order valence-corrected chi connectivity index (χ4v) is 3.94. The summed E-state index contributed by atoms with van der Waals surface area (Å²) in [5.74, 6) is 0. The molecule has 8 heteroatoms. The van der Waals surface area contributed by atoms with Crippen LogP contribution in [0.5, 0.6) is 0 Å². The molecule has 3 rings (SSSR count). The molecule has 0 aliphatic carbocycles. The SMILES string of the molecule is CC(C)NC(=O)N(Cc1cccc(-c2nccs2)c1)c1cc(Cl)c(Cl)cc1Cl. The third kappa shape index (κ3) is 4.97. The van der Waals surface area contributed by atoms with Crippen LogP contribution in [0.1, 0.15) is 19.4 Å². The number of carbonyl (C=O) groups excluding carboxylic acids is 1. The van der Waals surface area contributed by atoms with Gasteiger partial charge in [-0.1, -0.05) is 53.0 Å². The molecule has 28 heavy (non-hydrogen) atoms. The van der Waals surface area contributed by atoms with Crippen LogP contribution in [0.3, 0.4) is 0 Å². The minimum Gasteiger partial charge on any atom is -0.336 e. The number of benzene rings is 2. The number of nitrogens with zero attached hydrogens (tertiary/aromatic N) is 2. The van der Waals surface area contributed by atoms with Crippen molar-refractivity contribution in [2.24, 2.45) is 0 Å². The van der Waals surface area contributed by atoms with E-state index in [1.807, 2.05) is 43.5 Å². The molecule has 0 bridgehead atoms. The van der Waals surface area contributed by atoms with E-state index < -0.39 is 0 Å². The van der Waals surface area contributed by atoms with Gasteiger partial charge in [0.05, 0.1) is 27.3 Å². The predicted octanol–water partition coefficient (Wildman–Crippen LogP) is 6.89. The molecule has 1 N–H and O–H groups in total. The van der Waals surface area contributed by atoms with Gasteiger partial charge in [0.25, 0.3) is 0 Å². The number of carbonyl (C=O) groups is 1. The van der Waals surface area contributed by atoms with Crippen molar-refractivity contribution >= 4 is 57.9 Å². The number of amides is 2. The van der Waals surface area contributed by atoms with Gasteiger partial charge >= 0.3 is 6.03 Å². The summed E-state index contributed by atoms with van der Waals surface area (Å²) in [5.41, 5.74) is 2.43. The van der Waals surface area contributed by atoms with E-state index in [1.54, 1.807) is 34.6 Å². The van der Waals surface area contributed by atoms with Gasteiger partial charge in [0.2, 0.25) is 0 Å². The Morgan fingerprint density at radius 2 is 1.89 bits per heavy atom. The van der Waals surface area contributed by atoms with Crippen LogP contribution in [0, 0.1) is 0 Å². The quantitative estimate of drug-likeness (QED) is 0.426. The minimum atomic E-state index is -0.269. The van der Waals surface area contributed by atoms with Gasteiger partial charge < -0.3 is 5.32 Å². The molecule has 2 amide bonds. The Kier molecular flexibility index (Phi) is 6.83. The highest BCUT2D eigenvalue weighted by Crippen LogP contribution is 2.35. The van der Waals surface area contributed by atoms with Crippen LogP contribution in [0.15, 0.2) is 48.0 Å². The molecule has 0 unspecified atom stereocenters. The summed E-state index contributed by atoms with van der Waals surface area (Å²) in [4.78, 5) is 18.8. The summed E-state index contributed by atoms with van der Waals surface area (Å²) in [6.45, 7) is 4.11. The van der Waals surface area contributed by atoms with Crippen molar-refractivity contribution in [2.45, 2.75) is 26.4 Å². The van der Waals surface area contributed by atoms with Crippen LogP contribution in [0.4, 0.5) is 10.5 Å². The van der Waals surface area contributed by atoms with E-state index in [1.165, 1.54) is 0 Å². The molecule has 146 valence electrons. The van der Waals surface area contributed by atoms with Crippen LogP contribution in [-0.4, -0.2) is 17.1 Å². The topological polar surface area (TPSA) is 45.2 Å². The molecular weight excluding hydrogens is 437 g/mol. The summed E-state index contributed by atoms with van der Waals surface area (Å²) < 4.78 is 0. The van der Waals surface area contributed by atoms with E-state index in [9.17, 15) is 4.79 Å². The van der Waals surface area contributed by atoms with Crippen molar-refractivity contribution in [3.8, 4) is 10.6 Å². The fraction of sp³-hybridized carbons (Fsp3) is 0.200. The Labute approximate surface area is 183 Å². The molecule has 0 spiro atoms. The molecular formula is C20H18Cl3N3OS. The number of halogens is 3. The van der Waals surface area contributed by atoms with E-state index in [-0.39, 0.29) is 12.1 Å². The van der Waals surface area contributed by atoms with Crippen LogP contribution >= 0.6 is 46.1 Å². The highest BCUT2D eigenvalue weighted by atomic mass is 35.5. The molecule has 0 fully saturated rings. The van der Waals surface area contributed by atoms with Crippen LogP contribution in [0.2, 0.25) is 15.1 Å². The monoisotopic (exact) mass is 453 g/mol. The van der Waals surface area contributed by atoms with E-state index in [0.717, 1.165) is 16.1 Å². The van der Waals surface area contributed by atoms with Gasteiger partial charge in [-0.15, -0.1) is 11.3 Å². The van der Waals surface area contributed by atoms with Crippen LogP contribution in [-0.2, 0) is 6.54 Å². The summed E-state index contributed by atoms with van der Waals surface area (Å²) in [5, 5.41) is 6.78. The number of hydrogen-bond acceptors (Lipinski definition) is 3. The summed E-state index contributed by atoms with van der Waals surface area (Å²) in [7, 11) is 0. The van der Waals surface area contributed by atoms with Crippen molar-refractivity contribution in [2.75, 3.05) is 4.90 Å². The Balaban J connectivity index is 1.98. The highest BCUT2D eigenvalue weighted by molar-refractivity contribution is 7.13. The molecule has 0 aliphatic heterocycles. The zero-order valence-corrected chi connectivity index (χ0v) is 18.3. The molecule has 2 aromatic carbocycles. The zero-order valence-electron chi connectivity index (χ0n) is 15.2. The average Bonchev–Trinajstić information content (AvgIpc) is 3.17. The van der Waals surface area contributed by atoms with Crippen molar-refractivity contribution in [1.29, 1.82) is 0 Å². The Morgan fingerprint density at radius 3 is 2.57 bits per heavy atom. The van der Waals surface area contributed by atoms with Crippen molar-refractivity contribution < 1.29 is 4.79 Å². The maximum atomic E-state index is 12.9. The van der Waals surface area contributed by atoms with Gasteiger partial charge in [-0.05, 0) is 37.6 Å². The third-order valence-electron chi connectivity index (χ3n) is 3.88. The lowest BCUT2D eigenvalue weighted by molar-refractivity contribution is 0.244. The van der Waals surface area contributed by atoms with Crippen molar-refractivity contribution in [1.82, 2.24) is 10.3 Å². The average molecular weight is 455 g/mol. The molecule has 3 aromatic rings.